The third-order valence-electron chi connectivity index (χ3n) is 4.33. The normalized spacial score (nSPS) is 10.8. The molecule has 0 saturated heterocycles. The molecule has 0 fully saturated rings. The summed E-state index contributed by atoms with van der Waals surface area (Å²) in [5, 5.41) is 0. The number of aryl methyl sites for hydroxylation is 3. The first-order chi connectivity index (χ1) is 11.6. The lowest BCUT2D eigenvalue weighted by molar-refractivity contribution is 0.632. The van der Waals surface area contributed by atoms with E-state index in [0.717, 1.165) is 29.5 Å². The maximum atomic E-state index is 14.7. The second-order valence-corrected chi connectivity index (χ2v) is 6.52. The average Bonchev–Trinajstić information content (AvgIpc) is 2.55. The first-order valence-corrected chi connectivity index (χ1v) is 8.54. The summed E-state index contributed by atoms with van der Waals surface area (Å²) in [7, 11) is 0. The molecular weight excluding hydrogens is 295 g/mol. The molecule has 0 amide bonds. The first kappa shape index (κ1) is 16.4. The molecule has 3 aromatic rings. The van der Waals surface area contributed by atoms with Crippen molar-refractivity contribution in [2.45, 2.75) is 33.6 Å². The number of halogens is 1. The molecule has 1 heteroatoms. The number of hydrogen-bond acceptors (Lipinski definition) is 0. The van der Waals surface area contributed by atoms with Gasteiger partial charge in [-0.05, 0) is 48.6 Å². The fourth-order valence-corrected chi connectivity index (χ4v) is 3.21. The summed E-state index contributed by atoms with van der Waals surface area (Å²) in [5.74, 6) is -0.171. The highest BCUT2D eigenvalue weighted by atomic mass is 19.1. The largest absolute Gasteiger partial charge is 0.206 e. The second kappa shape index (κ2) is 7.00. The van der Waals surface area contributed by atoms with Gasteiger partial charge in [0.25, 0.3) is 0 Å². The van der Waals surface area contributed by atoms with Gasteiger partial charge in [-0.1, -0.05) is 79.1 Å². The Hall–Kier alpha value is -2.41. The molecule has 0 nitrogen and oxygen atoms in total. The SMILES string of the molecule is CCCc1ccc(-c2ccc(-c3cc(C)cc(C)c3)cc2F)cc1. The van der Waals surface area contributed by atoms with E-state index in [9.17, 15) is 4.39 Å². The van der Waals surface area contributed by atoms with Crippen LogP contribution in [0.25, 0.3) is 22.3 Å². The maximum absolute atomic E-state index is 14.7. The topological polar surface area (TPSA) is 0 Å². The molecule has 0 spiro atoms. The highest BCUT2D eigenvalue weighted by Gasteiger charge is 2.08. The third-order valence-corrected chi connectivity index (χ3v) is 4.33. The Morgan fingerprint density at radius 2 is 1.33 bits per heavy atom. The number of benzene rings is 3. The quantitative estimate of drug-likeness (QED) is 0.500. The summed E-state index contributed by atoms with van der Waals surface area (Å²) in [4.78, 5) is 0. The zero-order valence-corrected chi connectivity index (χ0v) is 14.6. The van der Waals surface area contributed by atoms with Crippen molar-refractivity contribution in [2.75, 3.05) is 0 Å². The minimum Gasteiger partial charge on any atom is -0.206 e. The Balaban J connectivity index is 1.94. The van der Waals surface area contributed by atoms with Crippen LogP contribution in [0.4, 0.5) is 4.39 Å². The summed E-state index contributed by atoms with van der Waals surface area (Å²) < 4.78 is 14.7. The fraction of sp³-hybridized carbons (Fsp3) is 0.217. The molecule has 24 heavy (non-hydrogen) atoms. The van der Waals surface area contributed by atoms with Crippen LogP contribution in [0.5, 0.6) is 0 Å². The predicted molar refractivity (Wildman–Crippen MR) is 101 cm³/mol. The van der Waals surface area contributed by atoms with Gasteiger partial charge in [0, 0.05) is 5.56 Å². The van der Waals surface area contributed by atoms with Crippen molar-refractivity contribution in [1.29, 1.82) is 0 Å². The van der Waals surface area contributed by atoms with E-state index in [4.69, 9.17) is 0 Å². The molecule has 0 saturated carbocycles. The molecule has 0 atom stereocenters. The lowest BCUT2D eigenvalue weighted by Crippen LogP contribution is -1.89. The van der Waals surface area contributed by atoms with Crippen molar-refractivity contribution in [1.82, 2.24) is 0 Å². The van der Waals surface area contributed by atoms with Crippen LogP contribution in [0.1, 0.15) is 30.0 Å². The van der Waals surface area contributed by atoms with Crippen LogP contribution < -0.4 is 0 Å². The minimum absolute atomic E-state index is 0.171. The lowest BCUT2D eigenvalue weighted by atomic mass is 9.96. The van der Waals surface area contributed by atoms with Crippen LogP contribution in [0.2, 0.25) is 0 Å². The van der Waals surface area contributed by atoms with E-state index in [2.05, 4.69) is 51.1 Å². The molecule has 0 aliphatic carbocycles. The highest BCUT2D eigenvalue weighted by molar-refractivity contribution is 5.71. The number of hydrogen-bond donors (Lipinski definition) is 0. The highest BCUT2D eigenvalue weighted by Crippen LogP contribution is 2.29. The van der Waals surface area contributed by atoms with E-state index in [0.29, 0.717) is 5.56 Å². The van der Waals surface area contributed by atoms with Crippen molar-refractivity contribution < 1.29 is 4.39 Å². The van der Waals surface area contributed by atoms with Crippen LogP contribution >= 0.6 is 0 Å². The summed E-state index contributed by atoms with van der Waals surface area (Å²) in [5.41, 5.74) is 7.27. The summed E-state index contributed by atoms with van der Waals surface area (Å²) in [6, 6.07) is 20.1. The van der Waals surface area contributed by atoms with E-state index in [1.54, 1.807) is 6.07 Å². The molecular formula is C23H23F. The number of rotatable bonds is 4. The monoisotopic (exact) mass is 318 g/mol. The van der Waals surface area contributed by atoms with Crippen molar-refractivity contribution in [3.05, 3.63) is 83.2 Å². The van der Waals surface area contributed by atoms with Gasteiger partial charge in [-0.25, -0.2) is 4.39 Å². The summed E-state index contributed by atoms with van der Waals surface area (Å²) >= 11 is 0. The van der Waals surface area contributed by atoms with Gasteiger partial charge in [-0.15, -0.1) is 0 Å². The van der Waals surface area contributed by atoms with Gasteiger partial charge in [-0.3, -0.25) is 0 Å². The molecule has 0 aliphatic rings. The van der Waals surface area contributed by atoms with Crippen molar-refractivity contribution in [3.63, 3.8) is 0 Å². The molecule has 0 bridgehead atoms. The molecule has 3 aromatic carbocycles. The molecule has 0 unspecified atom stereocenters. The van der Waals surface area contributed by atoms with Gasteiger partial charge in [-0.2, -0.15) is 0 Å². The fourth-order valence-electron chi connectivity index (χ4n) is 3.21. The zero-order chi connectivity index (χ0) is 17.1. The Labute approximate surface area is 144 Å². The Morgan fingerprint density at radius 1 is 0.708 bits per heavy atom. The van der Waals surface area contributed by atoms with Gasteiger partial charge >= 0.3 is 0 Å². The van der Waals surface area contributed by atoms with Gasteiger partial charge in [0.1, 0.15) is 5.82 Å². The van der Waals surface area contributed by atoms with E-state index >= 15 is 0 Å². The van der Waals surface area contributed by atoms with Crippen LogP contribution in [0, 0.1) is 19.7 Å². The summed E-state index contributed by atoms with van der Waals surface area (Å²) in [6.45, 7) is 6.30. The first-order valence-electron chi connectivity index (χ1n) is 8.54. The molecule has 122 valence electrons. The van der Waals surface area contributed by atoms with Crippen molar-refractivity contribution in [3.8, 4) is 22.3 Å². The van der Waals surface area contributed by atoms with Gasteiger partial charge in [0.15, 0.2) is 0 Å². The van der Waals surface area contributed by atoms with Gasteiger partial charge in [0.05, 0.1) is 0 Å². The van der Waals surface area contributed by atoms with Crippen LogP contribution in [0.15, 0.2) is 60.7 Å². The van der Waals surface area contributed by atoms with Crippen LogP contribution in [0.3, 0.4) is 0 Å². The predicted octanol–water partition coefficient (Wildman–Crippen LogP) is 6.73. The average molecular weight is 318 g/mol. The molecule has 3 rings (SSSR count). The van der Waals surface area contributed by atoms with Crippen LogP contribution in [-0.2, 0) is 6.42 Å². The Morgan fingerprint density at radius 3 is 1.92 bits per heavy atom. The van der Waals surface area contributed by atoms with E-state index in [-0.39, 0.29) is 5.82 Å². The molecule has 0 heterocycles. The third kappa shape index (κ3) is 3.56. The summed E-state index contributed by atoms with van der Waals surface area (Å²) in [6.07, 6.45) is 2.19. The van der Waals surface area contributed by atoms with Crippen molar-refractivity contribution in [2.24, 2.45) is 0 Å². The van der Waals surface area contributed by atoms with Gasteiger partial charge < -0.3 is 0 Å². The molecule has 0 radical (unpaired) electrons. The van der Waals surface area contributed by atoms with Crippen LogP contribution in [-0.4, -0.2) is 0 Å². The second-order valence-electron chi connectivity index (χ2n) is 6.52. The molecule has 0 aliphatic heterocycles. The van der Waals surface area contributed by atoms with E-state index < -0.39 is 0 Å². The Bertz CT molecular complexity index is 824. The minimum atomic E-state index is -0.171. The Kier molecular flexibility index (Phi) is 4.80. The maximum Gasteiger partial charge on any atom is 0.131 e. The lowest BCUT2D eigenvalue weighted by Gasteiger charge is -2.09. The standard InChI is InChI=1S/C23H23F/c1-4-5-18-6-8-19(9-7-18)22-11-10-20(15-23(22)24)21-13-16(2)12-17(3)14-21/h6-15H,4-5H2,1-3H3. The molecule has 0 aromatic heterocycles. The molecule has 0 N–H and O–H groups in total. The van der Waals surface area contributed by atoms with Gasteiger partial charge in [0.2, 0.25) is 0 Å². The van der Waals surface area contributed by atoms with Crippen molar-refractivity contribution >= 4 is 0 Å². The van der Waals surface area contributed by atoms with E-state index in [1.807, 2.05) is 24.3 Å². The van der Waals surface area contributed by atoms with E-state index in [1.165, 1.54) is 16.7 Å². The zero-order valence-electron chi connectivity index (χ0n) is 14.6. The smallest absolute Gasteiger partial charge is 0.131 e.